The molecule has 4 heteroatoms. The second kappa shape index (κ2) is 6.86. The van der Waals surface area contributed by atoms with Crippen molar-refractivity contribution in [2.45, 2.75) is 45.1 Å². The van der Waals surface area contributed by atoms with Crippen LogP contribution in [0.4, 0.5) is 0 Å². The summed E-state index contributed by atoms with van der Waals surface area (Å²) in [5, 5.41) is 1.40. The van der Waals surface area contributed by atoms with E-state index in [1.165, 1.54) is 17.9 Å². The molecule has 0 saturated carbocycles. The van der Waals surface area contributed by atoms with E-state index in [1.807, 2.05) is 0 Å². The molecule has 0 aromatic rings. The Morgan fingerprint density at radius 3 is 2.38 bits per heavy atom. The number of unbranched alkanes of at least 4 members (excludes halogenated alkanes) is 3. The van der Waals surface area contributed by atoms with Crippen molar-refractivity contribution in [2.75, 3.05) is 7.05 Å². The first kappa shape index (κ1) is 12.4. The first-order chi connectivity index (χ1) is 6.09. The highest BCUT2D eigenvalue weighted by molar-refractivity contribution is 5.79. The van der Waals surface area contributed by atoms with Crippen LogP contribution < -0.4 is 11.6 Å². The molecule has 0 rings (SSSR count). The maximum atomic E-state index is 10.9. The van der Waals surface area contributed by atoms with Gasteiger partial charge in [-0.3, -0.25) is 10.6 Å². The predicted octanol–water partition coefficient (Wildman–Crippen LogP) is 0.616. The number of primary amides is 1. The number of likely N-dealkylation sites (N-methyl/N-ethyl adjacent to an activating group) is 1. The largest absolute Gasteiger partial charge is 0.368 e. The molecule has 4 nitrogen and oxygen atoms in total. The molecule has 0 aliphatic carbocycles. The van der Waals surface area contributed by atoms with E-state index in [0.717, 1.165) is 19.3 Å². The van der Waals surface area contributed by atoms with Gasteiger partial charge in [0, 0.05) is 7.05 Å². The van der Waals surface area contributed by atoms with E-state index < -0.39 is 0 Å². The number of amides is 1. The highest BCUT2D eigenvalue weighted by atomic mass is 16.1. The van der Waals surface area contributed by atoms with Crippen LogP contribution in [0.2, 0.25) is 0 Å². The Bertz CT molecular complexity index is 148. The zero-order valence-corrected chi connectivity index (χ0v) is 8.62. The van der Waals surface area contributed by atoms with E-state index in [9.17, 15) is 4.79 Å². The normalized spacial score (nSPS) is 13.2. The number of nitrogens with zero attached hydrogens (tertiary/aromatic N) is 1. The maximum absolute atomic E-state index is 10.9. The summed E-state index contributed by atoms with van der Waals surface area (Å²) in [6.07, 6.45) is 5.33. The van der Waals surface area contributed by atoms with Gasteiger partial charge in [0.1, 0.15) is 6.04 Å². The Morgan fingerprint density at radius 1 is 1.38 bits per heavy atom. The van der Waals surface area contributed by atoms with Crippen LogP contribution in [-0.2, 0) is 4.79 Å². The summed E-state index contributed by atoms with van der Waals surface area (Å²) in [6.45, 7) is 2.15. The third kappa shape index (κ3) is 5.60. The van der Waals surface area contributed by atoms with E-state index >= 15 is 0 Å². The molecular formula is C9H21N3O. The average Bonchev–Trinajstić information content (AvgIpc) is 2.02. The minimum absolute atomic E-state index is 0.308. The second-order valence-electron chi connectivity index (χ2n) is 3.43. The first-order valence-electron chi connectivity index (χ1n) is 4.86. The lowest BCUT2D eigenvalue weighted by molar-refractivity contribution is -0.123. The Labute approximate surface area is 80.2 Å². The summed E-state index contributed by atoms with van der Waals surface area (Å²) in [5.74, 6) is 5.15. The summed E-state index contributed by atoms with van der Waals surface area (Å²) >= 11 is 0. The molecule has 78 valence electrons. The standard InChI is InChI=1S/C9H21N3O/c1-3-4-5-6-7-8(9(10)13)12(2)11/h8H,3-7,11H2,1-2H3,(H2,10,13). The lowest BCUT2D eigenvalue weighted by Gasteiger charge is -2.20. The molecule has 0 aliphatic heterocycles. The Hall–Kier alpha value is -0.610. The zero-order chi connectivity index (χ0) is 10.3. The van der Waals surface area contributed by atoms with Gasteiger partial charge in [0.2, 0.25) is 5.91 Å². The van der Waals surface area contributed by atoms with Crippen LogP contribution in [0, 0.1) is 0 Å². The fraction of sp³-hybridized carbons (Fsp3) is 0.889. The number of hydrazine groups is 1. The van der Waals surface area contributed by atoms with Crippen molar-refractivity contribution in [2.24, 2.45) is 11.6 Å². The molecule has 13 heavy (non-hydrogen) atoms. The van der Waals surface area contributed by atoms with Gasteiger partial charge in [0.25, 0.3) is 0 Å². The van der Waals surface area contributed by atoms with Crippen molar-refractivity contribution in [3.05, 3.63) is 0 Å². The van der Waals surface area contributed by atoms with Crippen LogP contribution in [0.3, 0.4) is 0 Å². The minimum Gasteiger partial charge on any atom is -0.368 e. The third-order valence-corrected chi connectivity index (χ3v) is 2.15. The molecule has 0 spiro atoms. The fourth-order valence-corrected chi connectivity index (χ4v) is 1.31. The molecule has 0 heterocycles. The van der Waals surface area contributed by atoms with Crippen molar-refractivity contribution < 1.29 is 4.79 Å². The van der Waals surface area contributed by atoms with Crippen molar-refractivity contribution in [1.82, 2.24) is 5.01 Å². The molecule has 0 aromatic heterocycles. The van der Waals surface area contributed by atoms with E-state index in [0.29, 0.717) is 0 Å². The number of carbonyl (C=O) groups is 1. The molecule has 0 saturated heterocycles. The molecule has 1 unspecified atom stereocenters. The molecule has 1 amide bonds. The second-order valence-corrected chi connectivity index (χ2v) is 3.43. The zero-order valence-electron chi connectivity index (χ0n) is 8.62. The van der Waals surface area contributed by atoms with Crippen LogP contribution in [0.15, 0.2) is 0 Å². The van der Waals surface area contributed by atoms with Crippen molar-refractivity contribution in [3.8, 4) is 0 Å². The Balaban J connectivity index is 3.64. The average molecular weight is 187 g/mol. The van der Waals surface area contributed by atoms with Crippen LogP contribution in [0.1, 0.15) is 39.0 Å². The monoisotopic (exact) mass is 187 g/mol. The lowest BCUT2D eigenvalue weighted by Crippen LogP contribution is -2.46. The summed E-state index contributed by atoms with van der Waals surface area (Å²) in [5.41, 5.74) is 5.19. The quantitative estimate of drug-likeness (QED) is 0.348. The molecule has 0 aromatic carbocycles. The van der Waals surface area contributed by atoms with Crippen molar-refractivity contribution in [3.63, 3.8) is 0 Å². The maximum Gasteiger partial charge on any atom is 0.236 e. The van der Waals surface area contributed by atoms with Crippen molar-refractivity contribution in [1.29, 1.82) is 0 Å². The highest BCUT2D eigenvalue weighted by Crippen LogP contribution is 2.07. The van der Waals surface area contributed by atoms with Gasteiger partial charge >= 0.3 is 0 Å². The van der Waals surface area contributed by atoms with Gasteiger partial charge in [-0.2, -0.15) is 0 Å². The van der Waals surface area contributed by atoms with Gasteiger partial charge < -0.3 is 5.73 Å². The summed E-state index contributed by atoms with van der Waals surface area (Å²) in [4.78, 5) is 10.9. The van der Waals surface area contributed by atoms with Gasteiger partial charge in [0.15, 0.2) is 0 Å². The number of hydrogen-bond donors (Lipinski definition) is 2. The highest BCUT2D eigenvalue weighted by Gasteiger charge is 2.16. The molecule has 1 atom stereocenters. The van der Waals surface area contributed by atoms with Crippen LogP contribution in [0.25, 0.3) is 0 Å². The molecular weight excluding hydrogens is 166 g/mol. The van der Waals surface area contributed by atoms with Gasteiger partial charge in [-0.05, 0) is 6.42 Å². The van der Waals surface area contributed by atoms with Crippen molar-refractivity contribution >= 4 is 5.91 Å². The smallest absolute Gasteiger partial charge is 0.236 e. The van der Waals surface area contributed by atoms with Gasteiger partial charge in [-0.1, -0.05) is 32.6 Å². The minimum atomic E-state index is -0.332. The van der Waals surface area contributed by atoms with Crippen LogP contribution in [0.5, 0.6) is 0 Å². The van der Waals surface area contributed by atoms with Gasteiger partial charge in [0.05, 0.1) is 0 Å². The topological polar surface area (TPSA) is 72.4 Å². The lowest BCUT2D eigenvalue weighted by atomic mass is 10.1. The summed E-state index contributed by atoms with van der Waals surface area (Å²) in [7, 11) is 1.68. The van der Waals surface area contributed by atoms with Gasteiger partial charge in [-0.25, -0.2) is 5.01 Å². The number of hydrogen-bond acceptors (Lipinski definition) is 3. The summed E-state index contributed by atoms with van der Waals surface area (Å²) < 4.78 is 0. The SMILES string of the molecule is CCCCCCC(C(N)=O)N(C)N. The predicted molar refractivity (Wildman–Crippen MR) is 53.7 cm³/mol. The fourth-order valence-electron chi connectivity index (χ4n) is 1.31. The number of nitrogens with two attached hydrogens (primary N) is 2. The van der Waals surface area contributed by atoms with E-state index in [-0.39, 0.29) is 11.9 Å². The molecule has 0 aliphatic rings. The van der Waals surface area contributed by atoms with E-state index in [4.69, 9.17) is 11.6 Å². The third-order valence-electron chi connectivity index (χ3n) is 2.15. The van der Waals surface area contributed by atoms with Gasteiger partial charge in [-0.15, -0.1) is 0 Å². The molecule has 0 fully saturated rings. The van der Waals surface area contributed by atoms with Crippen LogP contribution >= 0.6 is 0 Å². The Kier molecular flexibility index (Phi) is 6.54. The van der Waals surface area contributed by atoms with E-state index in [1.54, 1.807) is 7.05 Å². The van der Waals surface area contributed by atoms with E-state index in [2.05, 4.69) is 6.92 Å². The summed E-state index contributed by atoms with van der Waals surface area (Å²) in [6, 6.07) is -0.308. The Morgan fingerprint density at radius 2 is 2.00 bits per heavy atom. The molecule has 4 N–H and O–H groups in total. The molecule has 0 radical (unpaired) electrons. The number of rotatable bonds is 7. The first-order valence-corrected chi connectivity index (χ1v) is 4.86. The number of carbonyl (C=O) groups excluding carboxylic acids is 1. The van der Waals surface area contributed by atoms with Crippen LogP contribution in [-0.4, -0.2) is 24.0 Å². The molecule has 0 bridgehead atoms.